The van der Waals surface area contributed by atoms with Crippen LogP contribution in [0.3, 0.4) is 0 Å². The summed E-state index contributed by atoms with van der Waals surface area (Å²) in [5.74, 6) is -0.333. The molecule has 3 nitrogen and oxygen atoms in total. The second kappa shape index (κ2) is 6.48. The number of rotatable bonds is 3. The third-order valence-corrected chi connectivity index (χ3v) is 4.00. The third kappa shape index (κ3) is 3.45. The average molecular weight is 374 g/mol. The molecule has 1 amide bonds. The van der Waals surface area contributed by atoms with Crippen LogP contribution in [0.2, 0.25) is 10.0 Å². The van der Waals surface area contributed by atoms with E-state index in [1.807, 2.05) is 24.3 Å². The molecule has 0 saturated carbocycles. The number of nitrogen functional groups attached to an aromatic ring is 1. The van der Waals surface area contributed by atoms with Gasteiger partial charge in [0.15, 0.2) is 0 Å². The molecule has 0 atom stereocenters. The Balaban J connectivity index is 2.16. The SMILES string of the molecule is Nc1cc(Cl)cc(Cl)c1C(=O)NCc1ccccc1Br. The van der Waals surface area contributed by atoms with E-state index in [0.29, 0.717) is 11.6 Å². The molecule has 20 heavy (non-hydrogen) atoms. The maximum Gasteiger partial charge on any atom is 0.255 e. The standard InChI is InChI=1S/C14H11BrCl2N2O/c15-10-4-2-1-3-8(10)7-19-14(20)13-11(17)5-9(16)6-12(13)18/h1-6H,7,18H2,(H,19,20). The van der Waals surface area contributed by atoms with Crippen LogP contribution in [0.25, 0.3) is 0 Å². The van der Waals surface area contributed by atoms with Crippen molar-refractivity contribution < 1.29 is 4.79 Å². The summed E-state index contributed by atoms with van der Waals surface area (Å²) >= 11 is 15.2. The summed E-state index contributed by atoms with van der Waals surface area (Å²) in [4.78, 5) is 12.1. The van der Waals surface area contributed by atoms with Gasteiger partial charge in [0.2, 0.25) is 0 Å². The van der Waals surface area contributed by atoms with Crippen LogP contribution < -0.4 is 11.1 Å². The van der Waals surface area contributed by atoms with Gasteiger partial charge in [-0.3, -0.25) is 4.79 Å². The minimum Gasteiger partial charge on any atom is -0.398 e. The number of anilines is 1. The van der Waals surface area contributed by atoms with Crippen LogP contribution in [0, 0.1) is 0 Å². The predicted molar refractivity (Wildman–Crippen MR) is 86.2 cm³/mol. The fraction of sp³-hybridized carbons (Fsp3) is 0.0714. The van der Waals surface area contributed by atoms with Crippen LogP contribution in [0.1, 0.15) is 15.9 Å². The van der Waals surface area contributed by atoms with Gasteiger partial charge in [0.25, 0.3) is 5.91 Å². The van der Waals surface area contributed by atoms with Crippen molar-refractivity contribution in [3.05, 3.63) is 62.0 Å². The van der Waals surface area contributed by atoms with E-state index >= 15 is 0 Å². The van der Waals surface area contributed by atoms with E-state index in [0.717, 1.165) is 10.0 Å². The van der Waals surface area contributed by atoms with Crippen LogP contribution in [-0.2, 0) is 6.54 Å². The maximum absolute atomic E-state index is 12.1. The first-order valence-electron chi connectivity index (χ1n) is 5.75. The lowest BCUT2D eigenvalue weighted by Gasteiger charge is -2.10. The van der Waals surface area contributed by atoms with Gasteiger partial charge < -0.3 is 11.1 Å². The largest absolute Gasteiger partial charge is 0.398 e. The summed E-state index contributed by atoms with van der Waals surface area (Å²) < 4.78 is 0.926. The second-order valence-corrected chi connectivity index (χ2v) is 5.82. The molecule has 3 N–H and O–H groups in total. The number of amides is 1. The van der Waals surface area contributed by atoms with Crippen LogP contribution in [-0.4, -0.2) is 5.91 Å². The minimum absolute atomic E-state index is 0.236. The number of carbonyl (C=O) groups is 1. The Hall–Kier alpha value is -1.23. The van der Waals surface area contributed by atoms with E-state index < -0.39 is 0 Å². The van der Waals surface area contributed by atoms with Gasteiger partial charge >= 0.3 is 0 Å². The highest BCUT2D eigenvalue weighted by Crippen LogP contribution is 2.27. The lowest BCUT2D eigenvalue weighted by atomic mass is 10.1. The summed E-state index contributed by atoms with van der Waals surface area (Å²) in [5, 5.41) is 3.41. The predicted octanol–water partition coefficient (Wildman–Crippen LogP) is 4.27. The number of carbonyl (C=O) groups excluding carboxylic acids is 1. The molecule has 0 aliphatic rings. The molecule has 0 bridgehead atoms. The molecule has 0 unspecified atom stereocenters. The zero-order valence-electron chi connectivity index (χ0n) is 10.3. The van der Waals surface area contributed by atoms with Crippen molar-refractivity contribution >= 4 is 50.7 Å². The molecule has 0 radical (unpaired) electrons. The first-order valence-corrected chi connectivity index (χ1v) is 7.30. The van der Waals surface area contributed by atoms with E-state index in [4.69, 9.17) is 28.9 Å². The van der Waals surface area contributed by atoms with Crippen molar-refractivity contribution in [3.63, 3.8) is 0 Å². The molecular weight excluding hydrogens is 363 g/mol. The monoisotopic (exact) mass is 372 g/mol. The molecule has 2 rings (SSSR count). The number of benzene rings is 2. The zero-order chi connectivity index (χ0) is 14.7. The van der Waals surface area contributed by atoms with Gasteiger partial charge in [0.1, 0.15) is 0 Å². The molecule has 0 aliphatic heterocycles. The molecule has 2 aromatic carbocycles. The smallest absolute Gasteiger partial charge is 0.255 e. The van der Waals surface area contributed by atoms with E-state index in [1.54, 1.807) is 0 Å². The van der Waals surface area contributed by atoms with Gasteiger partial charge in [-0.25, -0.2) is 0 Å². The van der Waals surface area contributed by atoms with Crippen molar-refractivity contribution in [2.24, 2.45) is 0 Å². The van der Waals surface area contributed by atoms with Gasteiger partial charge in [0.05, 0.1) is 10.6 Å². The highest BCUT2D eigenvalue weighted by Gasteiger charge is 2.15. The Bertz CT molecular complexity index is 638. The van der Waals surface area contributed by atoms with E-state index in [2.05, 4.69) is 21.2 Å². The summed E-state index contributed by atoms with van der Waals surface area (Å²) in [5.41, 5.74) is 7.24. The Morgan fingerprint density at radius 3 is 2.60 bits per heavy atom. The van der Waals surface area contributed by atoms with Gasteiger partial charge in [-0.15, -0.1) is 0 Å². The van der Waals surface area contributed by atoms with Crippen molar-refractivity contribution in [1.82, 2.24) is 5.32 Å². The first-order chi connectivity index (χ1) is 9.49. The van der Waals surface area contributed by atoms with E-state index in [-0.39, 0.29) is 22.2 Å². The summed E-state index contributed by atoms with van der Waals surface area (Å²) in [6.07, 6.45) is 0. The maximum atomic E-state index is 12.1. The molecule has 0 aromatic heterocycles. The molecule has 0 heterocycles. The number of hydrogen-bond acceptors (Lipinski definition) is 2. The molecule has 2 aromatic rings. The van der Waals surface area contributed by atoms with Crippen LogP contribution in [0.4, 0.5) is 5.69 Å². The average Bonchev–Trinajstić information content (AvgIpc) is 2.36. The topological polar surface area (TPSA) is 55.1 Å². The summed E-state index contributed by atoms with van der Waals surface area (Å²) in [6, 6.07) is 10.6. The lowest BCUT2D eigenvalue weighted by molar-refractivity contribution is 0.0952. The van der Waals surface area contributed by atoms with Crippen molar-refractivity contribution in [3.8, 4) is 0 Å². The third-order valence-electron chi connectivity index (χ3n) is 2.71. The van der Waals surface area contributed by atoms with Crippen LogP contribution >= 0.6 is 39.1 Å². The number of nitrogens with one attached hydrogen (secondary N) is 1. The van der Waals surface area contributed by atoms with Gasteiger partial charge in [-0.1, -0.05) is 57.3 Å². The van der Waals surface area contributed by atoms with Crippen LogP contribution in [0.5, 0.6) is 0 Å². The van der Waals surface area contributed by atoms with Gasteiger partial charge in [0, 0.05) is 21.7 Å². The molecule has 6 heteroatoms. The fourth-order valence-corrected chi connectivity index (χ4v) is 2.76. The lowest BCUT2D eigenvalue weighted by Crippen LogP contribution is -2.24. The van der Waals surface area contributed by atoms with Crippen molar-refractivity contribution in [2.45, 2.75) is 6.54 Å². The number of nitrogens with two attached hydrogens (primary N) is 1. The quantitative estimate of drug-likeness (QED) is 0.789. The van der Waals surface area contributed by atoms with Crippen molar-refractivity contribution in [2.75, 3.05) is 5.73 Å². The van der Waals surface area contributed by atoms with E-state index in [9.17, 15) is 4.79 Å². The fourth-order valence-electron chi connectivity index (χ4n) is 1.74. The first kappa shape index (κ1) is 15.2. The Morgan fingerprint density at radius 2 is 1.95 bits per heavy atom. The van der Waals surface area contributed by atoms with E-state index in [1.165, 1.54) is 12.1 Å². The van der Waals surface area contributed by atoms with Crippen LogP contribution in [0.15, 0.2) is 40.9 Å². The second-order valence-electron chi connectivity index (χ2n) is 4.13. The number of halogens is 3. The molecule has 0 spiro atoms. The molecule has 0 saturated heterocycles. The molecule has 0 fully saturated rings. The summed E-state index contributed by atoms with van der Waals surface area (Å²) in [6.45, 7) is 0.374. The Labute approximate surface area is 135 Å². The van der Waals surface area contributed by atoms with Gasteiger partial charge in [-0.05, 0) is 23.8 Å². The zero-order valence-corrected chi connectivity index (χ0v) is 13.4. The molecule has 104 valence electrons. The Morgan fingerprint density at radius 1 is 1.25 bits per heavy atom. The number of hydrogen-bond donors (Lipinski definition) is 2. The highest BCUT2D eigenvalue weighted by molar-refractivity contribution is 9.10. The molecule has 0 aliphatic carbocycles. The minimum atomic E-state index is -0.333. The highest BCUT2D eigenvalue weighted by atomic mass is 79.9. The van der Waals surface area contributed by atoms with Crippen molar-refractivity contribution in [1.29, 1.82) is 0 Å². The Kier molecular flexibility index (Phi) is 4.91. The summed E-state index contributed by atoms with van der Waals surface area (Å²) in [7, 11) is 0. The molecular formula is C14H11BrCl2N2O. The van der Waals surface area contributed by atoms with Gasteiger partial charge in [-0.2, -0.15) is 0 Å². The normalized spacial score (nSPS) is 10.3.